The average Bonchev–Trinajstić information content (AvgIpc) is 2.32. The van der Waals surface area contributed by atoms with Gasteiger partial charge >= 0.3 is 0 Å². The van der Waals surface area contributed by atoms with Crippen LogP contribution in [0.4, 0.5) is 20.3 Å². The number of nitrogen functional groups attached to an aromatic ring is 1. The summed E-state index contributed by atoms with van der Waals surface area (Å²) in [6.07, 6.45) is 1.36. The molecular weight excluding hydrogens is 332 g/mol. The molecule has 0 aliphatic carbocycles. The minimum Gasteiger partial charge on any atom is -0.397 e. The molecule has 1 amide bonds. The molecule has 1 aromatic carbocycles. The van der Waals surface area contributed by atoms with E-state index >= 15 is 0 Å². The van der Waals surface area contributed by atoms with Crippen molar-refractivity contribution in [2.45, 2.75) is 6.92 Å². The van der Waals surface area contributed by atoms with E-state index in [1.54, 1.807) is 6.92 Å². The van der Waals surface area contributed by atoms with Crippen molar-refractivity contribution < 1.29 is 13.6 Å². The lowest BCUT2D eigenvalue weighted by Gasteiger charge is -2.08. The first-order chi connectivity index (χ1) is 9.38. The Labute approximate surface area is 122 Å². The van der Waals surface area contributed by atoms with Crippen LogP contribution in [0.2, 0.25) is 0 Å². The summed E-state index contributed by atoms with van der Waals surface area (Å²) in [5, 5.41) is 2.33. The predicted octanol–water partition coefficient (Wildman–Crippen LogP) is 3.27. The number of rotatable bonds is 2. The molecule has 2 aromatic rings. The first-order valence-electron chi connectivity index (χ1n) is 5.56. The van der Waals surface area contributed by atoms with E-state index in [1.807, 2.05) is 0 Å². The molecule has 2 rings (SSSR count). The molecule has 0 atom stereocenters. The normalized spacial score (nSPS) is 10.4. The second kappa shape index (κ2) is 5.54. The number of aromatic nitrogens is 1. The van der Waals surface area contributed by atoms with Crippen LogP contribution in [0.5, 0.6) is 0 Å². The van der Waals surface area contributed by atoms with E-state index in [-0.39, 0.29) is 10.3 Å². The number of nitrogens with zero attached hydrogens (tertiary/aromatic N) is 1. The standard InChI is InChI=1S/C13H10BrF2N3O/c1-6-2-11(18-5-10(6)17)19-13(20)12-8(15)3-7(14)4-9(12)16/h2-5H,17H2,1H3,(H,18,19,20). The van der Waals surface area contributed by atoms with Crippen LogP contribution in [0.25, 0.3) is 0 Å². The number of amides is 1. The van der Waals surface area contributed by atoms with Gasteiger partial charge in [-0.15, -0.1) is 0 Å². The zero-order valence-corrected chi connectivity index (χ0v) is 12.0. The zero-order valence-electron chi connectivity index (χ0n) is 10.4. The highest BCUT2D eigenvalue weighted by atomic mass is 79.9. The van der Waals surface area contributed by atoms with Crippen LogP contribution < -0.4 is 11.1 Å². The van der Waals surface area contributed by atoms with Gasteiger partial charge in [-0.2, -0.15) is 0 Å². The lowest BCUT2D eigenvalue weighted by Crippen LogP contribution is -2.17. The van der Waals surface area contributed by atoms with Gasteiger partial charge in [0.05, 0.1) is 11.9 Å². The van der Waals surface area contributed by atoms with Gasteiger partial charge in [0.25, 0.3) is 5.91 Å². The maximum atomic E-state index is 13.6. The summed E-state index contributed by atoms with van der Waals surface area (Å²) in [6.45, 7) is 1.73. The molecule has 0 unspecified atom stereocenters. The van der Waals surface area contributed by atoms with Crippen molar-refractivity contribution in [3.8, 4) is 0 Å². The molecule has 20 heavy (non-hydrogen) atoms. The number of nitrogens with one attached hydrogen (secondary N) is 1. The molecule has 0 saturated heterocycles. The summed E-state index contributed by atoms with van der Waals surface area (Å²) < 4.78 is 27.5. The Morgan fingerprint density at radius 1 is 1.30 bits per heavy atom. The maximum Gasteiger partial charge on any atom is 0.262 e. The van der Waals surface area contributed by atoms with E-state index in [9.17, 15) is 13.6 Å². The second-order valence-corrected chi connectivity index (χ2v) is 5.04. The Morgan fingerprint density at radius 2 is 1.90 bits per heavy atom. The molecule has 0 aliphatic heterocycles. The van der Waals surface area contributed by atoms with Crippen molar-refractivity contribution in [3.63, 3.8) is 0 Å². The maximum absolute atomic E-state index is 13.6. The van der Waals surface area contributed by atoms with E-state index in [4.69, 9.17) is 5.73 Å². The highest BCUT2D eigenvalue weighted by molar-refractivity contribution is 9.10. The Hall–Kier alpha value is -2.02. The fourth-order valence-electron chi connectivity index (χ4n) is 1.57. The molecule has 7 heteroatoms. The first kappa shape index (κ1) is 14.4. The molecule has 0 bridgehead atoms. The second-order valence-electron chi connectivity index (χ2n) is 4.12. The topological polar surface area (TPSA) is 68.0 Å². The molecule has 0 aliphatic rings. The van der Waals surface area contributed by atoms with Gasteiger partial charge in [-0.05, 0) is 30.7 Å². The molecule has 0 spiro atoms. The van der Waals surface area contributed by atoms with Crippen molar-refractivity contribution in [3.05, 3.63) is 51.6 Å². The van der Waals surface area contributed by atoms with E-state index in [2.05, 4.69) is 26.2 Å². The number of pyridine rings is 1. The van der Waals surface area contributed by atoms with Crippen molar-refractivity contribution in [2.75, 3.05) is 11.1 Å². The molecule has 104 valence electrons. The third-order valence-corrected chi connectivity index (χ3v) is 3.08. The van der Waals surface area contributed by atoms with Crippen LogP contribution in [0.3, 0.4) is 0 Å². The first-order valence-corrected chi connectivity index (χ1v) is 6.36. The number of carbonyl (C=O) groups is 1. The minimum atomic E-state index is -0.957. The molecule has 1 heterocycles. The number of halogens is 3. The third kappa shape index (κ3) is 2.93. The highest BCUT2D eigenvalue weighted by Crippen LogP contribution is 2.21. The van der Waals surface area contributed by atoms with Crippen molar-refractivity contribution in [1.82, 2.24) is 4.98 Å². The lowest BCUT2D eigenvalue weighted by molar-refractivity contribution is 0.101. The number of aryl methyl sites for hydroxylation is 1. The van der Waals surface area contributed by atoms with Crippen LogP contribution in [0.15, 0.2) is 28.9 Å². The van der Waals surface area contributed by atoms with Crippen LogP contribution >= 0.6 is 15.9 Å². The number of hydrogen-bond acceptors (Lipinski definition) is 3. The minimum absolute atomic E-state index is 0.170. The van der Waals surface area contributed by atoms with Gasteiger partial charge in [-0.25, -0.2) is 13.8 Å². The molecule has 4 nitrogen and oxygen atoms in total. The van der Waals surface area contributed by atoms with Crippen molar-refractivity contribution in [1.29, 1.82) is 0 Å². The van der Waals surface area contributed by atoms with Gasteiger partial charge < -0.3 is 11.1 Å². The summed E-state index contributed by atoms with van der Waals surface area (Å²) in [5.74, 6) is -2.66. The van der Waals surface area contributed by atoms with E-state index in [1.165, 1.54) is 12.3 Å². The average molecular weight is 342 g/mol. The van der Waals surface area contributed by atoms with Gasteiger partial charge in [0.1, 0.15) is 23.0 Å². The van der Waals surface area contributed by atoms with E-state index in [0.717, 1.165) is 12.1 Å². The predicted molar refractivity (Wildman–Crippen MR) is 75.4 cm³/mol. The molecule has 0 fully saturated rings. The smallest absolute Gasteiger partial charge is 0.262 e. The van der Waals surface area contributed by atoms with Gasteiger partial charge in [0.2, 0.25) is 0 Å². The number of nitrogens with two attached hydrogens (primary N) is 1. The summed E-state index contributed by atoms with van der Waals surface area (Å²) in [4.78, 5) is 15.8. The number of carbonyl (C=O) groups excluding carboxylic acids is 1. The van der Waals surface area contributed by atoms with Crippen molar-refractivity contribution in [2.24, 2.45) is 0 Å². The largest absolute Gasteiger partial charge is 0.397 e. The molecule has 0 radical (unpaired) electrons. The van der Waals surface area contributed by atoms with Crippen LogP contribution in [-0.4, -0.2) is 10.9 Å². The Morgan fingerprint density at radius 3 is 2.45 bits per heavy atom. The van der Waals surface area contributed by atoms with Gasteiger partial charge in [0.15, 0.2) is 0 Å². The number of hydrogen-bond donors (Lipinski definition) is 2. The third-order valence-electron chi connectivity index (χ3n) is 2.63. The SMILES string of the molecule is Cc1cc(NC(=O)c2c(F)cc(Br)cc2F)ncc1N. The summed E-state index contributed by atoms with van der Waals surface area (Å²) >= 11 is 2.94. The van der Waals surface area contributed by atoms with Crippen molar-refractivity contribution >= 4 is 33.3 Å². The fourth-order valence-corrected chi connectivity index (χ4v) is 1.97. The summed E-state index contributed by atoms with van der Waals surface area (Å²) in [5.41, 5.74) is 6.10. The van der Waals surface area contributed by atoms with Gasteiger partial charge in [0, 0.05) is 4.47 Å². The van der Waals surface area contributed by atoms with Crippen LogP contribution in [0.1, 0.15) is 15.9 Å². The van der Waals surface area contributed by atoms with E-state index < -0.39 is 23.1 Å². The quantitative estimate of drug-likeness (QED) is 0.880. The fraction of sp³-hybridized carbons (Fsp3) is 0.0769. The lowest BCUT2D eigenvalue weighted by atomic mass is 10.2. The molecule has 1 aromatic heterocycles. The monoisotopic (exact) mass is 341 g/mol. The van der Waals surface area contributed by atoms with E-state index in [0.29, 0.717) is 11.3 Å². The van der Waals surface area contributed by atoms with Crippen LogP contribution in [0, 0.1) is 18.6 Å². The number of benzene rings is 1. The number of anilines is 2. The summed E-state index contributed by atoms with van der Waals surface area (Å²) in [6, 6.07) is 3.54. The van der Waals surface area contributed by atoms with Gasteiger partial charge in [-0.1, -0.05) is 15.9 Å². The zero-order chi connectivity index (χ0) is 14.9. The molecule has 3 N–H and O–H groups in total. The Kier molecular flexibility index (Phi) is 3.99. The summed E-state index contributed by atoms with van der Waals surface area (Å²) in [7, 11) is 0. The van der Waals surface area contributed by atoms with Crippen LogP contribution in [-0.2, 0) is 0 Å². The Bertz CT molecular complexity index is 668. The molecular formula is C13H10BrF2N3O. The molecule has 0 saturated carbocycles. The van der Waals surface area contributed by atoms with Gasteiger partial charge in [-0.3, -0.25) is 4.79 Å². The Balaban J connectivity index is 2.31. The highest BCUT2D eigenvalue weighted by Gasteiger charge is 2.19.